The van der Waals surface area contributed by atoms with Gasteiger partial charge in [0, 0.05) is 48.5 Å². The van der Waals surface area contributed by atoms with Gasteiger partial charge in [-0.2, -0.15) is 0 Å². The van der Waals surface area contributed by atoms with E-state index in [1.54, 1.807) is 37.5 Å². The van der Waals surface area contributed by atoms with E-state index in [2.05, 4.69) is 25.2 Å². The van der Waals surface area contributed by atoms with Gasteiger partial charge in [-0.1, -0.05) is 44.2 Å². The van der Waals surface area contributed by atoms with E-state index in [0.717, 1.165) is 16.9 Å². The molecule has 0 fully saturated rings. The second-order valence-electron chi connectivity index (χ2n) is 8.40. The number of rotatable bonds is 10. The van der Waals surface area contributed by atoms with Gasteiger partial charge in [-0.05, 0) is 23.8 Å². The molecule has 2 aromatic rings. The minimum Gasteiger partial charge on any atom is -0.454 e. The first-order valence-electron chi connectivity index (χ1n) is 11.0. The lowest BCUT2D eigenvalue weighted by Crippen LogP contribution is -2.28. The van der Waals surface area contributed by atoms with Crippen molar-refractivity contribution in [3.63, 3.8) is 0 Å². The summed E-state index contributed by atoms with van der Waals surface area (Å²) in [7, 11) is 3.49. The summed E-state index contributed by atoms with van der Waals surface area (Å²) in [5.74, 6) is -0.895. The number of benzene rings is 2. The summed E-state index contributed by atoms with van der Waals surface area (Å²) in [5, 5.41) is 2.74. The number of hydrogen-bond acceptors (Lipinski definition) is 7. The van der Waals surface area contributed by atoms with Gasteiger partial charge >= 0.3 is 5.97 Å². The van der Waals surface area contributed by atoms with Crippen LogP contribution in [0.25, 0.3) is 0 Å². The average Bonchev–Trinajstić information content (AvgIpc) is 3.02. The Labute approximate surface area is 204 Å². The summed E-state index contributed by atoms with van der Waals surface area (Å²) in [4.78, 5) is 40.0. The average molecular weight is 483 g/mol. The Morgan fingerprint density at radius 3 is 2.53 bits per heavy atom. The Bertz CT molecular complexity index is 1100. The number of ether oxygens (including phenoxy) is 2. The maximum atomic E-state index is 12.7. The highest BCUT2D eigenvalue weighted by atomic mass is 32.2. The van der Waals surface area contributed by atoms with Crippen LogP contribution in [-0.4, -0.2) is 57.3 Å². The Morgan fingerprint density at radius 1 is 1.09 bits per heavy atom. The molecule has 0 aliphatic carbocycles. The fraction of sp³-hybridized carbons (Fsp3) is 0.346. The highest BCUT2D eigenvalue weighted by Crippen LogP contribution is 2.46. The summed E-state index contributed by atoms with van der Waals surface area (Å²) >= 11 is 1.24. The van der Waals surface area contributed by atoms with Gasteiger partial charge in [0.15, 0.2) is 12.4 Å². The number of allylic oxidation sites excluding steroid dienone is 1. The van der Waals surface area contributed by atoms with Crippen LogP contribution in [0.1, 0.15) is 29.8 Å². The number of fused-ring (bicyclic) bond motifs is 1. The third kappa shape index (κ3) is 5.87. The number of carbonyl (C=O) groups excluding carboxylic acids is 3. The van der Waals surface area contributed by atoms with Crippen LogP contribution in [0.2, 0.25) is 0 Å². The second kappa shape index (κ2) is 11.4. The molecular formula is C26H30N2O5S. The Balaban J connectivity index is 1.61. The van der Waals surface area contributed by atoms with E-state index in [4.69, 9.17) is 9.47 Å². The van der Waals surface area contributed by atoms with Gasteiger partial charge in [-0.15, -0.1) is 11.8 Å². The number of nitrogens with one attached hydrogen (secondary N) is 1. The number of anilines is 1. The molecule has 1 amide bonds. The van der Waals surface area contributed by atoms with E-state index in [0.29, 0.717) is 23.6 Å². The maximum absolute atomic E-state index is 12.7. The third-order valence-corrected chi connectivity index (χ3v) is 6.75. The highest BCUT2D eigenvalue weighted by molar-refractivity contribution is 8.00. The normalized spacial score (nSPS) is 15.2. The number of likely N-dealkylation sites (N-methyl/N-ethyl adjacent to an activating group) is 1. The quantitative estimate of drug-likeness (QED) is 0.240. The smallest absolute Gasteiger partial charge is 0.339 e. The molecule has 0 aromatic heterocycles. The second-order valence-corrected chi connectivity index (χ2v) is 9.42. The van der Waals surface area contributed by atoms with E-state index in [1.807, 2.05) is 30.1 Å². The Morgan fingerprint density at radius 2 is 1.79 bits per heavy atom. The first-order chi connectivity index (χ1) is 16.3. The van der Waals surface area contributed by atoms with Crippen LogP contribution in [-0.2, 0) is 24.5 Å². The number of methoxy groups -OCH3 is 1. The lowest BCUT2D eigenvalue weighted by Gasteiger charge is -2.23. The van der Waals surface area contributed by atoms with E-state index in [-0.39, 0.29) is 29.5 Å². The molecule has 3 rings (SSSR count). The molecule has 2 aromatic carbocycles. The number of para-hydroxylation sites is 1. The zero-order valence-corrected chi connectivity index (χ0v) is 20.7. The predicted octanol–water partition coefficient (Wildman–Crippen LogP) is 3.58. The SMILES string of the molecule is COCCNC(=O)CSc1ccccc1C(=O)OCC(=O)C=C1N(C)c2ccccc2C1(C)C. The largest absolute Gasteiger partial charge is 0.454 e. The fourth-order valence-corrected chi connectivity index (χ4v) is 4.79. The summed E-state index contributed by atoms with van der Waals surface area (Å²) in [6, 6.07) is 14.9. The molecule has 34 heavy (non-hydrogen) atoms. The molecule has 180 valence electrons. The molecule has 0 radical (unpaired) electrons. The predicted molar refractivity (Wildman–Crippen MR) is 133 cm³/mol. The molecular weight excluding hydrogens is 452 g/mol. The van der Waals surface area contributed by atoms with Gasteiger partial charge in [0.2, 0.25) is 5.91 Å². The van der Waals surface area contributed by atoms with E-state index >= 15 is 0 Å². The van der Waals surface area contributed by atoms with E-state index in [1.165, 1.54) is 11.8 Å². The molecule has 1 aliphatic rings. The van der Waals surface area contributed by atoms with Crippen molar-refractivity contribution in [3.05, 3.63) is 71.4 Å². The van der Waals surface area contributed by atoms with E-state index < -0.39 is 5.97 Å². The van der Waals surface area contributed by atoms with Crippen LogP contribution in [0.3, 0.4) is 0 Å². The van der Waals surface area contributed by atoms with Crippen molar-refractivity contribution in [3.8, 4) is 0 Å². The van der Waals surface area contributed by atoms with E-state index in [9.17, 15) is 14.4 Å². The zero-order valence-electron chi connectivity index (χ0n) is 19.9. The molecule has 0 saturated heterocycles. The summed E-state index contributed by atoms with van der Waals surface area (Å²) in [6.45, 7) is 4.63. The lowest BCUT2D eigenvalue weighted by atomic mass is 9.83. The van der Waals surface area contributed by atoms with Crippen molar-refractivity contribution in [1.82, 2.24) is 5.32 Å². The minimum atomic E-state index is -0.600. The molecule has 1 N–H and O–H groups in total. The number of ketones is 1. The first kappa shape index (κ1) is 25.5. The molecule has 7 nitrogen and oxygen atoms in total. The van der Waals surface area contributed by atoms with Crippen molar-refractivity contribution >= 4 is 35.1 Å². The molecule has 1 aliphatic heterocycles. The van der Waals surface area contributed by atoms with Gasteiger partial charge < -0.3 is 19.7 Å². The fourth-order valence-electron chi connectivity index (χ4n) is 3.92. The molecule has 0 unspecified atom stereocenters. The van der Waals surface area contributed by atoms with Crippen molar-refractivity contribution < 1.29 is 23.9 Å². The molecule has 0 saturated carbocycles. The van der Waals surface area contributed by atoms with Crippen LogP contribution in [0.5, 0.6) is 0 Å². The molecule has 1 heterocycles. The number of hydrogen-bond donors (Lipinski definition) is 1. The topological polar surface area (TPSA) is 84.9 Å². The number of esters is 1. The van der Waals surface area contributed by atoms with Crippen LogP contribution in [0, 0.1) is 0 Å². The van der Waals surface area contributed by atoms with Gasteiger partial charge in [0.1, 0.15) is 0 Å². The first-order valence-corrected chi connectivity index (χ1v) is 12.0. The van der Waals surface area contributed by atoms with Crippen LogP contribution in [0.15, 0.2) is 65.2 Å². The van der Waals surface area contributed by atoms with Crippen molar-refractivity contribution in [2.24, 2.45) is 0 Å². The highest BCUT2D eigenvalue weighted by Gasteiger charge is 2.38. The lowest BCUT2D eigenvalue weighted by molar-refractivity contribution is -0.119. The van der Waals surface area contributed by atoms with Crippen LogP contribution in [0.4, 0.5) is 5.69 Å². The standard InChI is InChI=1S/C26H30N2O5S/c1-26(2)20-10-6-7-11-21(20)28(3)23(26)15-18(29)16-33-25(31)19-9-5-8-12-22(19)34-17-24(30)27-13-14-32-4/h5-12,15H,13-14,16-17H2,1-4H3,(H,27,30). The number of thioether (sulfide) groups is 1. The summed E-state index contributed by atoms with van der Waals surface area (Å²) in [5.41, 5.74) is 3.04. The Hall–Kier alpha value is -3.10. The monoisotopic (exact) mass is 482 g/mol. The van der Waals surface area contributed by atoms with Gasteiger partial charge in [-0.3, -0.25) is 9.59 Å². The molecule has 0 atom stereocenters. The van der Waals surface area contributed by atoms with Gasteiger partial charge in [-0.25, -0.2) is 4.79 Å². The van der Waals surface area contributed by atoms with Crippen LogP contribution < -0.4 is 10.2 Å². The number of amides is 1. The van der Waals surface area contributed by atoms with Crippen molar-refractivity contribution in [2.45, 2.75) is 24.2 Å². The van der Waals surface area contributed by atoms with Crippen molar-refractivity contribution in [1.29, 1.82) is 0 Å². The number of carbonyl (C=O) groups is 3. The summed E-state index contributed by atoms with van der Waals surface area (Å²) in [6.07, 6.45) is 1.55. The maximum Gasteiger partial charge on any atom is 0.339 e. The number of nitrogens with zero attached hydrogens (tertiary/aromatic N) is 1. The van der Waals surface area contributed by atoms with Gasteiger partial charge in [0.25, 0.3) is 0 Å². The zero-order chi connectivity index (χ0) is 24.7. The van der Waals surface area contributed by atoms with Crippen LogP contribution >= 0.6 is 11.8 Å². The minimum absolute atomic E-state index is 0.154. The van der Waals surface area contributed by atoms with Gasteiger partial charge in [0.05, 0.1) is 17.9 Å². The molecule has 0 spiro atoms. The Kier molecular flexibility index (Phi) is 8.52. The summed E-state index contributed by atoms with van der Waals surface area (Å²) < 4.78 is 10.2. The van der Waals surface area contributed by atoms with Crippen molar-refractivity contribution in [2.75, 3.05) is 44.6 Å². The third-order valence-electron chi connectivity index (χ3n) is 5.68. The molecule has 0 bridgehead atoms. The molecule has 8 heteroatoms.